The fourth-order valence-corrected chi connectivity index (χ4v) is 2.23. The predicted molar refractivity (Wildman–Crippen MR) is 53.7 cm³/mol. The fourth-order valence-electron chi connectivity index (χ4n) is 2.23. The summed E-state index contributed by atoms with van der Waals surface area (Å²) in [4.78, 5) is 2.55. The van der Waals surface area contributed by atoms with Crippen molar-refractivity contribution in [3.63, 3.8) is 0 Å². The summed E-state index contributed by atoms with van der Waals surface area (Å²) < 4.78 is 0. The second-order valence-corrected chi connectivity index (χ2v) is 4.04. The topological polar surface area (TPSA) is 29.4 Å². The van der Waals surface area contributed by atoms with Gasteiger partial charge in [0.25, 0.3) is 0 Å². The summed E-state index contributed by atoms with van der Waals surface area (Å²) in [5.41, 5.74) is 0. The average Bonchev–Trinajstić information content (AvgIpc) is 2.47. The van der Waals surface area contributed by atoms with Crippen LogP contribution in [0.3, 0.4) is 0 Å². The van der Waals surface area contributed by atoms with Crippen molar-refractivity contribution in [3.05, 3.63) is 0 Å². The molecule has 13 heavy (non-hydrogen) atoms. The Hall–Kier alpha value is -0.120. The second kappa shape index (κ2) is 4.94. The maximum absolute atomic E-state index is 4.66. The number of piperazine rings is 1. The van der Waals surface area contributed by atoms with Gasteiger partial charge in [-0.1, -0.05) is 12.8 Å². The summed E-state index contributed by atoms with van der Waals surface area (Å²) in [6.45, 7) is 5.66. The van der Waals surface area contributed by atoms with E-state index in [1.54, 1.807) is 0 Å². The van der Waals surface area contributed by atoms with Gasteiger partial charge >= 0.3 is 0 Å². The summed E-state index contributed by atoms with van der Waals surface area (Å²) in [7, 11) is 0. The van der Waals surface area contributed by atoms with E-state index in [0.717, 1.165) is 19.6 Å². The molecule has 2 saturated heterocycles. The monoisotopic (exact) mass is 182 g/mol. The lowest BCUT2D eigenvalue weighted by molar-refractivity contribution is 0.149. The van der Waals surface area contributed by atoms with E-state index in [1.807, 2.05) is 0 Å². The lowest BCUT2D eigenvalue weighted by Gasteiger charge is -2.33. The number of nitrogens with zero attached hydrogens (tertiary/aromatic N) is 2. The zero-order chi connectivity index (χ0) is 8.93. The minimum atomic E-state index is 0.479. The third-order valence-corrected chi connectivity index (χ3v) is 3.02. The highest BCUT2D eigenvalue weighted by atomic mass is 15.3. The first-order chi connectivity index (χ1) is 6.47. The molecule has 1 radical (unpaired) electrons. The molecule has 0 aromatic heterocycles. The lowest BCUT2D eigenvalue weighted by Crippen LogP contribution is -2.53. The first kappa shape index (κ1) is 9.44. The Morgan fingerprint density at radius 2 is 1.85 bits per heavy atom. The molecule has 2 rings (SSSR count). The molecule has 1 N–H and O–H groups in total. The fraction of sp³-hybridized carbons (Fsp3) is 1.00. The van der Waals surface area contributed by atoms with Crippen LogP contribution in [0.4, 0.5) is 0 Å². The molecule has 2 aliphatic heterocycles. The summed E-state index contributed by atoms with van der Waals surface area (Å²) in [5.74, 6) is 0. The van der Waals surface area contributed by atoms with Gasteiger partial charge in [-0.2, -0.15) is 0 Å². The molecule has 2 fully saturated rings. The maximum Gasteiger partial charge on any atom is 0.0887 e. The molecule has 1 unspecified atom stereocenters. The molecule has 75 valence electrons. The molecule has 0 amide bonds. The average molecular weight is 182 g/mol. The quantitative estimate of drug-likeness (QED) is 0.636. The van der Waals surface area contributed by atoms with Crippen LogP contribution in [0.5, 0.6) is 0 Å². The van der Waals surface area contributed by atoms with Crippen molar-refractivity contribution in [1.29, 1.82) is 0 Å². The normalized spacial score (nSPS) is 32.8. The van der Waals surface area contributed by atoms with Crippen LogP contribution in [-0.2, 0) is 0 Å². The van der Waals surface area contributed by atoms with Crippen molar-refractivity contribution in [3.8, 4) is 0 Å². The maximum atomic E-state index is 4.66. The van der Waals surface area contributed by atoms with Crippen molar-refractivity contribution in [2.75, 3.05) is 32.7 Å². The van der Waals surface area contributed by atoms with Crippen LogP contribution in [0.15, 0.2) is 0 Å². The van der Waals surface area contributed by atoms with E-state index in [1.165, 1.54) is 38.8 Å². The largest absolute Gasteiger partial charge is 0.312 e. The van der Waals surface area contributed by atoms with Crippen LogP contribution in [0.25, 0.3) is 0 Å². The molecule has 0 bridgehead atoms. The first-order valence-corrected chi connectivity index (χ1v) is 5.58. The van der Waals surface area contributed by atoms with Crippen LogP contribution >= 0.6 is 0 Å². The zero-order valence-corrected chi connectivity index (χ0v) is 8.34. The molecule has 0 aromatic rings. The van der Waals surface area contributed by atoms with Crippen molar-refractivity contribution in [2.45, 2.75) is 31.8 Å². The van der Waals surface area contributed by atoms with Gasteiger partial charge in [-0.25, -0.2) is 5.32 Å². The molecule has 0 spiro atoms. The Morgan fingerprint density at radius 3 is 2.46 bits per heavy atom. The van der Waals surface area contributed by atoms with Crippen LogP contribution in [-0.4, -0.2) is 43.8 Å². The van der Waals surface area contributed by atoms with Crippen molar-refractivity contribution >= 4 is 0 Å². The molecule has 2 aliphatic rings. The van der Waals surface area contributed by atoms with Crippen LogP contribution in [0.2, 0.25) is 0 Å². The standard InChI is InChI=1S/C10H20N3/c1-2-4-8-13(7-3-1)10-9-11-5-6-12-10/h10-11H,1-9H2. The third-order valence-electron chi connectivity index (χ3n) is 3.02. The molecular formula is C10H20N3. The highest BCUT2D eigenvalue weighted by Crippen LogP contribution is 2.12. The summed E-state index contributed by atoms with van der Waals surface area (Å²) in [6.07, 6.45) is 6.04. The third kappa shape index (κ3) is 2.66. The van der Waals surface area contributed by atoms with Gasteiger partial charge in [0.05, 0.1) is 6.17 Å². The van der Waals surface area contributed by atoms with Gasteiger partial charge < -0.3 is 5.32 Å². The van der Waals surface area contributed by atoms with Crippen molar-refractivity contribution in [1.82, 2.24) is 15.5 Å². The molecule has 0 aromatic carbocycles. The van der Waals surface area contributed by atoms with Gasteiger partial charge in [0.1, 0.15) is 0 Å². The molecule has 3 heteroatoms. The van der Waals surface area contributed by atoms with Gasteiger partial charge in [-0.15, -0.1) is 0 Å². The van der Waals surface area contributed by atoms with E-state index < -0.39 is 0 Å². The Bertz CT molecular complexity index is 135. The van der Waals surface area contributed by atoms with E-state index in [4.69, 9.17) is 0 Å². The summed E-state index contributed by atoms with van der Waals surface area (Å²) in [6, 6.07) is 0. The first-order valence-electron chi connectivity index (χ1n) is 5.58. The minimum absolute atomic E-state index is 0.479. The Kier molecular flexibility index (Phi) is 3.58. The van der Waals surface area contributed by atoms with E-state index in [-0.39, 0.29) is 0 Å². The van der Waals surface area contributed by atoms with Gasteiger partial charge in [-0.3, -0.25) is 4.90 Å². The molecule has 2 heterocycles. The van der Waals surface area contributed by atoms with Crippen molar-refractivity contribution < 1.29 is 0 Å². The Balaban J connectivity index is 1.82. The molecule has 0 aliphatic carbocycles. The van der Waals surface area contributed by atoms with Crippen LogP contribution < -0.4 is 10.6 Å². The minimum Gasteiger partial charge on any atom is -0.312 e. The number of likely N-dealkylation sites (tertiary alicyclic amines) is 1. The molecule has 3 nitrogen and oxygen atoms in total. The highest BCUT2D eigenvalue weighted by Gasteiger charge is 2.21. The number of hydrogen-bond donors (Lipinski definition) is 1. The summed E-state index contributed by atoms with van der Waals surface area (Å²) >= 11 is 0. The van der Waals surface area contributed by atoms with Gasteiger partial charge in [0, 0.05) is 19.6 Å². The summed E-state index contributed by atoms with van der Waals surface area (Å²) in [5, 5.41) is 8.08. The van der Waals surface area contributed by atoms with Gasteiger partial charge in [0.2, 0.25) is 0 Å². The SMILES string of the molecule is C1CCCN(C2CNCC[N]2)CC1. The highest BCUT2D eigenvalue weighted by molar-refractivity contribution is 4.77. The Labute approximate surface area is 80.9 Å². The second-order valence-electron chi connectivity index (χ2n) is 4.04. The smallest absolute Gasteiger partial charge is 0.0887 e. The predicted octanol–water partition coefficient (Wildman–Crippen LogP) is 0.396. The van der Waals surface area contributed by atoms with E-state index in [2.05, 4.69) is 15.5 Å². The number of nitrogens with one attached hydrogen (secondary N) is 1. The lowest BCUT2D eigenvalue weighted by atomic mass is 10.2. The number of hydrogen-bond acceptors (Lipinski definition) is 2. The Morgan fingerprint density at radius 1 is 1.08 bits per heavy atom. The van der Waals surface area contributed by atoms with Gasteiger partial charge in [-0.05, 0) is 25.9 Å². The number of rotatable bonds is 1. The van der Waals surface area contributed by atoms with Gasteiger partial charge in [0.15, 0.2) is 0 Å². The molecule has 1 atom stereocenters. The van der Waals surface area contributed by atoms with E-state index in [0.29, 0.717) is 6.17 Å². The zero-order valence-electron chi connectivity index (χ0n) is 8.34. The molecule has 0 saturated carbocycles. The van der Waals surface area contributed by atoms with Crippen LogP contribution in [0, 0.1) is 0 Å². The van der Waals surface area contributed by atoms with E-state index >= 15 is 0 Å². The van der Waals surface area contributed by atoms with E-state index in [9.17, 15) is 0 Å². The van der Waals surface area contributed by atoms with Crippen LogP contribution in [0.1, 0.15) is 25.7 Å². The van der Waals surface area contributed by atoms with Crippen molar-refractivity contribution in [2.24, 2.45) is 0 Å². The molecular weight excluding hydrogens is 162 g/mol.